The maximum absolute atomic E-state index is 6.21. The summed E-state index contributed by atoms with van der Waals surface area (Å²) in [6, 6.07) is 6.01. The Hall–Kier alpha value is -0.210. The first kappa shape index (κ1) is 13.2. The number of hydrogen-bond donors (Lipinski definition) is 0. The van der Waals surface area contributed by atoms with Crippen LogP contribution in [0.4, 0.5) is 0 Å². The molecule has 0 aliphatic heterocycles. The second kappa shape index (κ2) is 6.10. The fourth-order valence-electron chi connectivity index (χ4n) is 2.25. The third-order valence-electron chi connectivity index (χ3n) is 3.41. The molecule has 1 saturated carbocycles. The molecule has 0 spiro atoms. The molecule has 3 heteroatoms. The molecule has 0 amide bonds. The summed E-state index contributed by atoms with van der Waals surface area (Å²) in [5.74, 6) is 1.68. The Morgan fingerprint density at radius 1 is 1.29 bits per heavy atom. The van der Waals surface area contributed by atoms with Gasteiger partial charge in [0.05, 0.1) is 11.1 Å². The summed E-state index contributed by atoms with van der Waals surface area (Å²) in [4.78, 5) is 0. The van der Waals surface area contributed by atoms with Crippen LogP contribution in [0.25, 0.3) is 0 Å². The van der Waals surface area contributed by atoms with Crippen LogP contribution in [0, 0.1) is 5.92 Å². The first-order valence-electron chi connectivity index (χ1n) is 6.20. The van der Waals surface area contributed by atoms with Crippen LogP contribution in [0.5, 0.6) is 5.75 Å². The molecule has 1 aliphatic rings. The molecule has 1 aliphatic carbocycles. The lowest BCUT2D eigenvalue weighted by atomic mass is 9.89. The predicted octanol–water partition coefficient (Wildman–Crippen LogP) is 5.19. The monoisotopic (exact) mass is 316 g/mol. The molecular formula is C14H18BrClO. The molecule has 0 bridgehead atoms. The fourth-order valence-corrected chi connectivity index (χ4v) is 2.85. The van der Waals surface area contributed by atoms with Crippen LogP contribution in [0.3, 0.4) is 0 Å². The summed E-state index contributed by atoms with van der Waals surface area (Å²) in [5.41, 5.74) is 1.18. The second-order valence-corrected chi connectivity index (χ2v) is 5.87. The number of alkyl halides is 1. The van der Waals surface area contributed by atoms with Crippen molar-refractivity contribution in [2.75, 3.05) is 0 Å². The van der Waals surface area contributed by atoms with E-state index in [-0.39, 0.29) is 0 Å². The number of rotatable bonds is 3. The molecule has 0 saturated heterocycles. The van der Waals surface area contributed by atoms with E-state index in [1.807, 2.05) is 12.1 Å². The molecular weight excluding hydrogens is 300 g/mol. The highest BCUT2D eigenvalue weighted by atomic mass is 79.9. The number of halogens is 2. The summed E-state index contributed by atoms with van der Waals surface area (Å²) in [6.45, 7) is 2.31. The van der Waals surface area contributed by atoms with Crippen molar-refractivity contribution in [3.8, 4) is 5.75 Å². The van der Waals surface area contributed by atoms with Gasteiger partial charge in [0.2, 0.25) is 0 Å². The molecule has 1 aromatic rings. The summed E-state index contributed by atoms with van der Waals surface area (Å²) >= 11 is 9.63. The lowest BCUT2D eigenvalue weighted by Gasteiger charge is -2.27. The van der Waals surface area contributed by atoms with Crippen molar-refractivity contribution in [1.29, 1.82) is 0 Å². The van der Waals surface area contributed by atoms with Crippen LogP contribution in [0.2, 0.25) is 5.02 Å². The Kier molecular flexibility index (Phi) is 4.75. The third-order valence-corrected chi connectivity index (χ3v) is 4.35. The average molecular weight is 318 g/mol. The first-order valence-corrected chi connectivity index (χ1v) is 7.70. The van der Waals surface area contributed by atoms with Gasteiger partial charge in [-0.05, 0) is 49.3 Å². The standard InChI is InChI=1S/C14H18BrClO/c1-10-2-5-12(6-3-10)17-14-7-4-11(9-15)8-13(14)16/h4,7-8,10,12H,2-3,5-6,9H2,1H3. The van der Waals surface area contributed by atoms with E-state index in [2.05, 4.69) is 28.9 Å². The Morgan fingerprint density at radius 3 is 2.59 bits per heavy atom. The Bertz CT molecular complexity index is 372. The minimum absolute atomic E-state index is 0.346. The Balaban J connectivity index is 1.99. The summed E-state index contributed by atoms with van der Waals surface area (Å²) in [7, 11) is 0. The Morgan fingerprint density at radius 2 is 2.00 bits per heavy atom. The van der Waals surface area contributed by atoms with Crippen molar-refractivity contribution in [3.05, 3.63) is 28.8 Å². The molecule has 1 aromatic carbocycles. The van der Waals surface area contributed by atoms with Gasteiger partial charge >= 0.3 is 0 Å². The van der Waals surface area contributed by atoms with E-state index >= 15 is 0 Å². The van der Waals surface area contributed by atoms with E-state index in [0.29, 0.717) is 6.10 Å². The predicted molar refractivity (Wildman–Crippen MR) is 76.1 cm³/mol. The highest BCUT2D eigenvalue weighted by molar-refractivity contribution is 9.08. The smallest absolute Gasteiger partial charge is 0.138 e. The van der Waals surface area contributed by atoms with Gasteiger partial charge in [-0.25, -0.2) is 0 Å². The molecule has 17 heavy (non-hydrogen) atoms. The van der Waals surface area contributed by atoms with Gasteiger partial charge in [0.15, 0.2) is 0 Å². The van der Waals surface area contributed by atoms with Crippen LogP contribution in [0.1, 0.15) is 38.2 Å². The van der Waals surface area contributed by atoms with Crippen LogP contribution >= 0.6 is 27.5 Å². The van der Waals surface area contributed by atoms with E-state index < -0.39 is 0 Å². The molecule has 1 nitrogen and oxygen atoms in total. The van der Waals surface area contributed by atoms with E-state index in [0.717, 1.165) is 34.9 Å². The highest BCUT2D eigenvalue weighted by Gasteiger charge is 2.20. The van der Waals surface area contributed by atoms with Crippen molar-refractivity contribution in [2.24, 2.45) is 5.92 Å². The van der Waals surface area contributed by atoms with Gasteiger partial charge in [0, 0.05) is 5.33 Å². The minimum atomic E-state index is 0.346. The third kappa shape index (κ3) is 3.62. The van der Waals surface area contributed by atoms with Gasteiger partial charge in [-0.15, -0.1) is 0 Å². The molecule has 94 valence electrons. The van der Waals surface area contributed by atoms with E-state index in [1.54, 1.807) is 0 Å². The van der Waals surface area contributed by atoms with E-state index in [4.69, 9.17) is 16.3 Å². The number of hydrogen-bond acceptors (Lipinski definition) is 1. The zero-order valence-electron chi connectivity index (χ0n) is 10.1. The van der Waals surface area contributed by atoms with Gasteiger partial charge in [0.1, 0.15) is 5.75 Å². The van der Waals surface area contributed by atoms with Gasteiger partial charge in [-0.3, -0.25) is 0 Å². The quantitative estimate of drug-likeness (QED) is 0.697. The SMILES string of the molecule is CC1CCC(Oc2ccc(CBr)cc2Cl)CC1. The molecule has 0 aromatic heterocycles. The largest absolute Gasteiger partial charge is 0.489 e. The summed E-state index contributed by atoms with van der Waals surface area (Å²) in [5, 5.41) is 1.55. The zero-order chi connectivity index (χ0) is 12.3. The molecule has 1 fully saturated rings. The maximum atomic E-state index is 6.21. The van der Waals surface area contributed by atoms with E-state index in [9.17, 15) is 0 Å². The normalized spacial score (nSPS) is 24.6. The van der Waals surface area contributed by atoms with Crippen molar-refractivity contribution >= 4 is 27.5 Å². The highest BCUT2D eigenvalue weighted by Crippen LogP contribution is 2.31. The molecule has 0 unspecified atom stereocenters. The van der Waals surface area contributed by atoms with Gasteiger partial charge in [-0.1, -0.05) is 40.5 Å². The van der Waals surface area contributed by atoms with Gasteiger partial charge < -0.3 is 4.74 Å². The van der Waals surface area contributed by atoms with Crippen molar-refractivity contribution in [3.63, 3.8) is 0 Å². The van der Waals surface area contributed by atoms with Crippen molar-refractivity contribution in [2.45, 2.75) is 44.0 Å². The average Bonchev–Trinajstić information content (AvgIpc) is 2.34. The van der Waals surface area contributed by atoms with Crippen molar-refractivity contribution < 1.29 is 4.74 Å². The van der Waals surface area contributed by atoms with E-state index in [1.165, 1.54) is 18.4 Å². The van der Waals surface area contributed by atoms with Crippen LogP contribution < -0.4 is 4.74 Å². The van der Waals surface area contributed by atoms with Crippen molar-refractivity contribution in [1.82, 2.24) is 0 Å². The lowest BCUT2D eigenvalue weighted by molar-refractivity contribution is 0.135. The molecule has 0 heterocycles. The first-order chi connectivity index (χ1) is 8.19. The lowest BCUT2D eigenvalue weighted by Crippen LogP contribution is -2.23. The van der Waals surface area contributed by atoms with Gasteiger partial charge in [0.25, 0.3) is 0 Å². The van der Waals surface area contributed by atoms with Crippen LogP contribution in [-0.2, 0) is 5.33 Å². The maximum Gasteiger partial charge on any atom is 0.138 e. The molecule has 0 radical (unpaired) electrons. The molecule has 2 rings (SSSR count). The fraction of sp³-hybridized carbons (Fsp3) is 0.571. The zero-order valence-corrected chi connectivity index (χ0v) is 12.4. The van der Waals surface area contributed by atoms with Crippen LogP contribution in [-0.4, -0.2) is 6.10 Å². The second-order valence-electron chi connectivity index (χ2n) is 4.90. The minimum Gasteiger partial charge on any atom is -0.489 e. The summed E-state index contributed by atoms with van der Waals surface area (Å²) < 4.78 is 5.99. The summed E-state index contributed by atoms with van der Waals surface area (Å²) in [6.07, 6.45) is 5.18. The van der Waals surface area contributed by atoms with Crippen LogP contribution in [0.15, 0.2) is 18.2 Å². The number of ether oxygens (including phenoxy) is 1. The van der Waals surface area contributed by atoms with Gasteiger partial charge in [-0.2, -0.15) is 0 Å². The molecule has 0 N–H and O–H groups in total. The number of benzene rings is 1. The topological polar surface area (TPSA) is 9.23 Å². The Labute approximate surface area is 117 Å². The molecule has 0 atom stereocenters.